The molecule has 4 nitrogen and oxygen atoms in total. The lowest BCUT2D eigenvalue weighted by molar-refractivity contribution is 0.0486. The van der Waals surface area contributed by atoms with Gasteiger partial charge in [-0.2, -0.15) is 0 Å². The van der Waals surface area contributed by atoms with Gasteiger partial charge in [0.25, 0.3) is 0 Å². The summed E-state index contributed by atoms with van der Waals surface area (Å²) in [5.74, 6) is 0.398. The Morgan fingerprint density at radius 2 is 2.18 bits per heavy atom. The average Bonchev–Trinajstić information content (AvgIpc) is 3.15. The number of thiophene rings is 1. The van der Waals surface area contributed by atoms with Crippen LogP contribution < -0.4 is 11.1 Å². The number of hydrogen-bond donors (Lipinski definition) is 3. The number of nitrogens with two attached hydrogens (primary N) is 1. The molecule has 1 aliphatic carbocycles. The Hall–Kier alpha value is -1.85. The number of aliphatic hydroxyl groups is 1. The van der Waals surface area contributed by atoms with E-state index in [1.54, 1.807) is 11.3 Å². The summed E-state index contributed by atoms with van der Waals surface area (Å²) in [5.41, 5.74) is 7.23. The molecule has 2 aromatic rings. The van der Waals surface area contributed by atoms with Gasteiger partial charge in [-0.25, -0.2) is 0 Å². The maximum absolute atomic E-state index is 10.8. The molecule has 116 valence electrons. The standard InChI is InChI=1S/C17H21N3OS/c18-16(19-10-8-14-5-3-11-22-14)20-12-17(21)9-7-13-4-1-2-6-15(13)17/h1-6,11,21H,7-10,12H2,(H3,18,19,20). The number of hydrogen-bond acceptors (Lipinski definition) is 3. The van der Waals surface area contributed by atoms with Crippen molar-refractivity contribution in [2.75, 3.05) is 13.1 Å². The van der Waals surface area contributed by atoms with E-state index in [4.69, 9.17) is 5.73 Å². The molecule has 0 saturated heterocycles. The lowest BCUT2D eigenvalue weighted by Crippen LogP contribution is -2.35. The molecule has 0 aliphatic heterocycles. The summed E-state index contributed by atoms with van der Waals surface area (Å²) in [6.07, 6.45) is 2.53. The molecule has 3 rings (SSSR count). The van der Waals surface area contributed by atoms with Crippen LogP contribution in [0.5, 0.6) is 0 Å². The van der Waals surface area contributed by atoms with Crippen LogP contribution in [-0.2, 0) is 18.4 Å². The van der Waals surface area contributed by atoms with Crippen molar-refractivity contribution in [2.24, 2.45) is 10.7 Å². The summed E-state index contributed by atoms with van der Waals surface area (Å²) in [6, 6.07) is 12.2. The van der Waals surface area contributed by atoms with E-state index < -0.39 is 5.60 Å². The van der Waals surface area contributed by atoms with Crippen molar-refractivity contribution in [1.29, 1.82) is 0 Å². The second kappa shape index (κ2) is 6.50. The zero-order valence-electron chi connectivity index (χ0n) is 12.5. The van der Waals surface area contributed by atoms with E-state index in [0.29, 0.717) is 18.9 Å². The first-order valence-corrected chi connectivity index (χ1v) is 8.42. The van der Waals surface area contributed by atoms with Gasteiger partial charge in [-0.05, 0) is 41.8 Å². The van der Waals surface area contributed by atoms with Crippen LogP contribution in [0.15, 0.2) is 46.8 Å². The number of aliphatic imine (C=N–C) groups is 1. The van der Waals surface area contributed by atoms with Gasteiger partial charge in [-0.3, -0.25) is 4.99 Å². The third-order valence-electron chi connectivity index (χ3n) is 4.10. The van der Waals surface area contributed by atoms with Crippen LogP contribution >= 0.6 is 11.3 Å². The van der Waals surface area contributed by atoms with Crippen LogP contribution in [0.4, 0.5) is 0 Å². The molecule has 1 atom stereocenters. The van der Waals surface area contributed by atoms with Crippen LogP contribution in [0.1, 0.15) is 22.4 Å². The molecule has 0 radical (unpaired) electrons. The number of nitrogens with zero attached hydrogens (tertiary/aromatic N) is 1. The first-order valence-electron chi connectivity index (χ1n) is 7.54. The maximum Gasteiger partial charge on any atom is 0.188 e. The summed E-state index contributed by atoms with van der Waals surface area (Å²) in [7, 11) is 0. The number of fused-ring (bicyclic) bond motifs is 1. The average molecular weight is 315 g/mol. The van der Waals surface area contributed by atoms with Gasteiger partial charge in [0.2, 0.25) is 0 Å². The summed E-state index contributed by atoms with van der Waals surface area (Å²) >= 11 is 1.74. The molecular formula is C17H21N3OS. The smallest absolute Gasteiger partial charge is 0.188 e. The van der Waals surface area contributed by atoms with Crippen LogP contribution in [0, 0.1) is 0 Å². The van der Waals surface area contributed by atoms with Gasteiger partial charge in [-0.1, -0.05) is 30.3 Å². The zero-order valence-corrected chi connectivity index (χ0v) is 13.3. The number of aryl methyl sites for hydroxylation is 1. The van der Waals surface area contributed by atoms with E-state index in [1.807, 2.05) is 24.3 Å². The largest absolute Gasteiger partial charge is 0.383 e. The highest BCUT2D eigenvalue weighted by Gasteiger charge is 2.36. The Balaban J connectivity index is 1.54. The first kappa shape index (κ1) is 15.1. The Morgan fingerprint density at radius 1 is 1.32 bits per heavy atom. The monoisotopic (exact) mass is 315 g/mol. The summed E-state index contributed by atoms with van der Waals surface area (Å²) in [5, 5.41) is 16.0. The van der Waals surface area contributed by atoms with E-state index >= 15 is 0 Å². The summed E-state index contributed by atoms with van der Waals surface area (Å²) < 4.78 is 0. The van der Waals surface area contributed by atoms with E-state index in [0.717, 1.165) is 24.9 Å². The minimum atomic E-state index is -0.878. The Labute approximate surface area is 134 Å². The van der Waals surface area contributed by atoms with Gasteiger partial charge in [-0.15, -0.1) is 11.3 Å². The molecule has 0 bridgehead atoms. The van der Waals surface area contributed by atoms with Crippen LogP contribution in [0.3, 0.4) is 0 Å². The fraction of sp³-hybridized carbons (Fsp3) is 0.353. The molecule has 1 aromatic carbocycles. The zero-order chi connectivity index (χ0) is 15.4. The van der Waals surface area contributed by atoms with Gasteiger partial charge in [0.05, 0.1) is 6.54 Å². The highest BCUT2D eigenvalue weighted by molar-refractivity contribution is 7.09. The molecule has 1 unspecified atom stereocenters. The van der Waals surface area contributed by atoms with E-state index in [-0.39, 0.29) is 0 Å². The van der Waals surface area contributed by atoms with Crippen LogP contribution in [-0.4, -0.2) is 24.2 Å². The van der Waals surface area contributed by atoms with Gasteiger partial charge in [0.15, 0.2) is 5.96 Å². The third kappa shape index (κ3) is 3.31. The Kier molecular flexibility index (Phi) is 4.45. The van der Waals surface area contributed by atoms with Gasteiger partial charge >= 0.3 is 0 Å². The molecule has 0 spiro atoms. The highest BCUT2D eigenvalue weighted by Crippen LogP contribution is 2.36. The molecule has 1 aromatic heterocycles. The third-order valence-corrected chi connectivity index (χ3v) is 5.03. The second-order valence-corrected chi connectivity index (χ2v) is 6.68. The fourth-order valence-corrected chi connectivity index (χ4v) is 3.58. The van der Waals surface area contributed by atoms with Crippen molar-refractivity contribution in [2.45, 2.75) is 24.9 Å². The summed E-state index contributed by atoms with van der Waals surface area (Å²) in [4.78, 5) is 5.66. The predicted molar refractivity (Wildman–Crippen MR) is 91.2 cm³/mol. The van der Waals surface area contributed by atoms with Crippen molar-refractivity contribution in [1.82, 2.24) is 5.32 Å². The molecule has 0 fully saturated rings. The Morgan fingerprint density at radius 3 is 3.00 bits per heavy atom. The second-order valence-electron chi connectivity index (χ2n) is 5.65. The number of guanidine groups is 1. The molecule has 0 amide bonds. The summed E-state index contributed by atoms with van der Waals surface area (Å²) in [6.45, 7) is 1.06. The van der Waals surface area contributed by atoms with Crippen LogP contribution in [0.2, 0.25) is 0 Å². The van der Waals surface area contributed by atoms with Crippen molar-refractivity contribution in [3.63, 3.8) is 0 Å². The van der Waals surface area contributed by atoms with Crippen LogP contribution in [0.25, 0.3) is 0 Å². The molecule has 22 heavy (non-hydrogen) atoms. The SMILES string of the molecule is NC(=NCC1(O)CCc2ccccc21)NCCc1cccs1. The number of rotatable bonds is 5. The minimum absolute atomic E-state index is 0.307. The molecule has 1 heterocycles. The highest BCUT2D eigenvalue weighted by atomic mass is 32.1. The topological polar surface area (TPSA) is 70.6 Å². The van der Waals surface area contributed by atoms with E-state index in [2.05, 4.69) is 27.8 Å². The van der Waals surface area contributed by atoms with Gasteiger partial charge in [0.1, 0.15) is 5.60 Å². The fourth-order valence-electron chi connectivity index (χ4n) is 2.87. The van der Waals surface area contributed by atoms with Gasteiger partial charge in [0, 0.05) is 11.4 Å². The van der Waals surface area contributed by atoms with Crippen molar-refractivity contribution in [3.8, 4) is 0 Å². The maximum atomic E-state index is 10.8. The Bertz CT molecular complexity index is 654. The van der Waals surface area contributed by atoms with Crippen molar-refractivity contribution < 1.29 is 5.11 Å². The van der Waals surface area contributed by atoms with Gasteiger partial charge < -0.3 is 16.2 Å². The molecule has 5 heteroatoms. The molecule has 1 aliphatic rings. The number of benzene rings is 1. The van der Waals surface area contributed by atoms with E-state index in [1.165, 1.54) is 10.4 Å². The predicted octanol–water partition coefficient (Wildman–Crippen LogP) is 2.03. The first-order chi connectivity index (χ1) is 10.7. The number of nitrogens with one attached hydrogen (secondary N) is 1. The molecular weight excluding hydrogens is 294 g/mol. The van der Waals surface area contributed by atoms with Crippen molar-refractivity contribution in [3.05, 3.63) is 57.8 Å². The quantitative estimate of drug-likeness (QED) is 0.584. The minimum Gasteiger partial charge on any atom is -0.383 e. The molecule has 4 N–H and O–H groups in total. The lowest BCUT2D eigenvalue weighted by atomic mass is 9.96. The molecule has 0 saturated carbocycles. The normalized spacial score (nSPS) is 20.9. The van der Waals surface area contributed by atoms with E-state index in [9.17, 15) is 5.11 Å². The van der Waals surface area contributed by atoms with Crippen molar-refractivity contribution >= 4 is 17.3 Å². The lowest BCUT2D eigenvalue weighted by Gasteiger charge is -2.22.